The van der Waals surface area contributed by atoms with Crippen LogP contribution in [0.4, 0.5) is 0 Å². The lowest BCUT2D eigenvalue weighted by Gasteiger charge is -2.32. The Morgan fingerprint density at radius 1 is 1.11 bits per heavy atom. The molecule has 18 heavy (non-hydrogen) atoms. The molecule has 0 aliphatic heterocycles. The third-order valence-corrected chi connectivity index (χ3v) is 4.64. The van der Waals surface area contributed by atoms with Gasteiger partial charge in [-0.15, -0.1) is 0 Å². The van der Waals surface area contributed by atoms with Gasteiger partial charge in [0.25, 0.3) is 0 Å². The minimum Gasteiger partial charge on any atom is -0.325 e. The third-order valence-electron chi connectivity index (χ3n) is 4.64. The van der Waals surface area contributed by atoms with Crippen LogP contribution in [0.1, 0.15) is 75.4 Å². The SMILES string of the molecule is NC1(Cc2nc(C3CCCC3)n[nH]2)CCCCC1. The van der Waals surface area contributed by atoms with Gasteiger partial charge >= 0.3 is 0 Å². The Balaban J connectivity index is 1.65. The molecular formula is C14H24N4. The van der Waals surface area contributed by atoms with E-state index in [1.54, 1.807) is 0 Å². The fraction of sp³-hybridized carbons (Fsp3) is 0.857. The molecule has 1 aromatic rings. The van der Waals surface area contributed by atoms with E-state index in [1.807, 2.05) is 0 Å². The number of aromatic amines is 1. The Bertz CT molecular complexity index is 386. The average molecular weight is 248 g/mol. The zero-order chi connectivity index (χ0) is 12.4. The summed E-state index contributed by atoms with van der Waals surface area (Å²) >= 11 is 0. The van der Waals surface area contributed by atoms with E-state index in [2.05, 4.69) is 15.2 Å². The summed E-state index contributed by atoms with van der Waals surface area (Å²) in [4.78, 5) is 4.68. The van der Waals surface area contributed by atoms with Gasteiger partial charge in [-0.05, 0) is 25.7 Å². The lowest BCUT2D eigenvalue weighted by molar-refractivity contribution is 0.290. The van der Waals surface area contributed by atoms with Crippen LogP contribution in [0.2, 0.25) is 0 Å². The molecule has 0 bridgehead atoms. The Labute approximate surface area is 109 Å². The van der Waals surface area contributed by atoms with Crippen LogP contribution in [-0.4, -0.2) is 20.7 Å². The van der Waals surface area contributed by atoms with Gasteiger partial charge in [0.2, 0.25) is 0 Å². The first-order chi connectivity index (χ1) is 8.75. The molecule has 2 fully saturated rings. The molecule has 2 aliphatic carbocycles. The normalized spacial score (nSPS) is 24.5. The van der Waals surface area contributed by atoms with Crippen LogP contribution in [0, 0.1) is 0 Å². The van der Waals surface area contributed by atoms with Crippen LogP contribution in [0.3, 0.4) is 0 Å². The highest BCUT2D eigenvalue weighted by molar-refractivity contribution is 5.04. The molecule has 0 atom stereocenters. The Kier molecular flexibility index (Phi) is 3.37. The first-order valence-electron chi connectivity index (χ1n) is 7.45. The minimum absolute atomic E-state index is 0.0370. The first kappa shape index (κ1) is 12.2. The number of hydrogen-bond acceptors (Lipinski definition) is 3. The van der Waals surface area contributed by atoms with Crippen molar-refractivity contribution in [2.75, 3.05) is 0 Å². The molecule has 0 unspecified atom stereocenters. The van der Waals surface area contributed by atoms with Crippen LogP contribution >= 0.6 is 0 Å². The molecule has 0 spiro atoms. The Morgan fingerprint density at radius 3 is 2.56 bits per heavy atom. The van der Waals surface area contributed by atoms with E-state index >= 15 is 0 Å². The topological polar surface area (TPSA) is 67.6 Å². The van der Waals surface area contributed by atoms with Crippen molar-refractivity contribution in [3.05, 3.63) is 11.6 Å². The second-order valence-corrected chi connectivity index (χ2v) is 6.22. The second-order valence-electron chi connectivity index (χ2n) is 6.22. The van der Waals surface area contributed by atoms with E-state index in [4.69, 9.17) is 5.73 Å². The number of nitrogens with two attached hydrogens (primary N) is 1. The van der Waals surface area contributed by atoms with Crippen molar-refractivity contribution in [2.24, 2.45) is 5.73 Å². The monoisotopic (exact) mass is 248 g/mol. The summed E-state index contributed by atoms with van der Waals surface area (Å²) in [6, 6.07) is 0. The van der Waals surface area contributed by atoms with E-state index in [-0.39, 0.29) is 5.54 Å². The number of rotatable bonds is 3. The molecular weight excluding hydrogens is 224 g/mol. The maximum absolute atomic E-state index is 6.47. The smallest absolute Gasteiger partial charge is 0.153 e. The standard InChI is InChI=1S/C14H24N4/c15-14(8-4-1-5-9-14)10-12-16-13(18-17-12)11-6-2-3-7-11/h11H,1-10,15H2,(H,16,17,18). The number of nitrogens with zero attached hydrogens (tertiary/aromatic N) is 2. The van der Waals surface area contributed by atoms with Gasteiger partial charge in [-0.1, -0.05) is 32.1 Å². The first-order valence-corrected chi connectivity index (χ1v) is 7.45. The summed E-state index contributed by atoms with van der Waals surface area (Å²) in [5.41, 5.74) is 6.43. The molecule has 0 aromatic carbocycles. The fourth-order valence-electron chi connectivity index (χ4n) is 3.52. The number of H-pyrrole nitrogens is 1. The molecule has 2 aliphatic rings. The van der Waals surface area contributed by atoms with Crippen molar-refractivity contribution in [2.45, 2.75) is 75.7 Å². The van der Waals surface area contributed by atoms with Gasteiger partial charge < -0.3 is 5.73 Å². The zero-order valence-corrected chi connectivity index (χ0v) is 11.1. The summed E-state index contributed by atoms with van der Waals surface area (Å²) in [5.74, 6) is 2.62. The van der Waals surface area contributed by atoms with E-state index in [1.165, 1.54) is 44.9 Å². The van der Waals surface area contributed by atoms with Crippen LogP contribution < -0.4 is 5.73 Å². The number of aromatic nitrogens is 3. The molecule has 1 heterocycles. The fourth-order valence-corrected chi connectivity index (χ4v) is 3.52. The van der Waals surface area contributed by atoms with Gasteiger partial charge in [0, 0.05) is 17.9 Å². The lowest BCUT2D eigenvalue weighted by atomic mass is 9.80. The molecule has 3 rings (SSSR count). The molecule has 0 amide bonds. The zero-order valence-electron chi connectivity index (χ0n) is 11.1. The van der Waals surface area contributed by atoms with Gasteiger partial charge in [-0.25, -0.2) is 4.98 Å². The van der Waals surface area contributed by atoms with Crippen molar-refractivity contribution < 1.29 is 0 Å². The van der Waals surface area contributed by atoms with Crippen molar-refractivity contribution in [1.29, 1.82) is 0 Å². The van der Waals surface area contributed by atoms with Crippen LogP contribution in [-0.2, 0) is 6.42 Å². The predicted octanol–water partition coefficient (Wildman–Crippen LogP) is 2.67. The lowest BCUT2D eigenvalue weighted by Crippen LogP contribution is -2.44. The molecule has 4 heteroatoms. The van der Waals surface area contributed by atoms with Gasteiger partial charge in [-0.3, -0.25) is 5.10 Å². The van der Waals surface area contributed by atoms with Gasteiger partial charge in [0.1, 0.15) is 5.82 Å². The van der Waals surface area contributed by atoms with E-state index in [9.17, 15) is 0 Å². The van der Waals surface area contributed by atoms with Gasteiger partial charge in [0.05, 0.1) is 0 Å². The predicted molar refractivity (Wildman–Crippen MR) is 71.3 cm³/mol. The summed E-state index contributed by atoms with van der Waals surface area (Å²) in [5, 5.41) is 7.52. The quantitative estimate of drug-likeness (QED) is 0.864. The minimum atomic E-state index is -0.0370. The highest BCUT2D eigenvalue weighted by Crippen LogP contribution is 2.33. The van der Waals surface area contributed by atoms with E-state index < -0.39 is 0 Å². The molecule has 1 aromatic heterocycles. The summed E-state index contributed by atoms with van der Waals surface area (Å²) in [6.07, 6.45) is 12.2. The van der Waals surface area contributed by atoms with E-state index in [0.29, 0.717) is 5.92 Å². The summed E-state index contributed by atoms with van der Waals surface area (Å²) < 4.78 is 0. The molecule has 0 radical (unpaired) electrons. The van der Waals surface area contributed by atoms with Crippen molar-refractivity contribution >= 4 is 0 Å². The Hall–Kier alpha value is -0.900. The van der Waals surface area contributed by atoms with Crippen LogP contribution in [0.5, 0.6) is 0 Å². The molecule has 4 nitrogen and oxygen atoms in total. The third kappa shape index (κ3) is 2.58. The van der Waals surface area contributed by atoms with Crippen molar-refractivity contribution in [1.82, 2.24) is 15.2 Å². The van der Waals surface area contributed by atoms with Gasteiger partial charge in [-0.2, -0.15) is 5.10 Å². The second kappa shape index (κ2) is 5.00. The molecule has 0 saturated heterocycles. The molecule has 3 N–H and O–H groups in total. The maximum Gasteiger partial charge on any atom is 0.153 e. The summed E-state index contributed by atoms with van der Waals surface area (Å²) in [6.45, 7) is 0. The highest BCUT2D eigenvalue weighted by atomic mass is 15.2. The number of nitrogens with one attached hydrogen (secondary N) is 1. The van der Waals surface area contributed by atoms with Crippen molar-refractivity contribution in [3.63, 3.8) is 0 Å². The highest BCUT2D eigenvalue weighted by Gasteiger charge is 2.29. The summed E-state index contributed by atoms with van der Waals surface area (Å²) in [7, 11) is 0. The van der Waals surface area contributed by atoms with E-state index in [0.717, 1.165) is 30.9 Å². The maximum atomic E-state index is 6.47. The van der Waals surface area contributed by atoms with Crippen LogP contribution in [0.15, 0.2) is 0 Å². The Morgan fingerprint density at radius 2 is 1.83 bits per heavy atom. The van der Waals surface area contributed by atoms with Gasteiger partial charge in [0.15, 0.2) is 5.82 Å². The average Bonchev–Trinajstić information content (AvgIpc) is 2.99. The molecule has 2 saturated carbocycles. The largest absolute Gasteiger partial charge is 0.325 e. The number of hydrogen-bond donors (Lipinski definition) is 2. The molecule has 100 valence electrons. The van der Waals surface area contributed by atoms with Crippen molar-refractivity contribution in [3.8, 4) is 0 Å². The van der Waals surface area contributed by atoms with Crippen LogP contribution in [0.25, 0.3) is 0 Å².